The average molecular weight is 266 g/mol. The number of aliphatic hydroxyl groups excluding tert-OH is 1. The molecule has 0 bridgehead atoms. The van der Waals surface area contributed by atoms with Gasteiger partial charge in [0.25, 0.3) is 0 Å². The fourth-order valence-electron chi connectivity index (χ4n) is 1.48. The van der Waals surface area contributed by atoms with Gasteiger partial charge in [0.1, 0.15) is 11.6 Å². The molecule has 1 heterocycles. The molecule has 0 spiro atoms. The van der Waals surface area contributed by atoms with E-state index in [4.69, 9.17) is 16.3 Å². The first-order valence-corrected chi connectivity index (χ1v) is 5.64. The Morgan fingerprint density at radius 2 is 2.22 bits per heavy atom. The second kappa shape index (κ2) is 5.66. The molecule has 0 atom stereocenters. The summed E-state index contributed by atoms with van der Waals surface area (Å²) >= 11 is 5.71. The molecule has 2 rings (SSSR count). The molecule has 0 amide bonds. The topological polar surface area (TPSA) is 67.3 Å². The molecule has 2 aromatic rings. The summed E-state index contributed by atoms with van der Waals surface area (Å²) < 4.78 is 5.14. The van der Waals surface area contributed by atoms with Crippen molar-refractivity contribution in [3.05, 3.63) is 41.3 Å². The third kappa shape index (κ3) is 2.88. The Balaban J connectivity index is 2.32. The normalized spacial score (nSPS) is 10.2. The highest BCUT2D eigenvalue weighted by Gasteiger charge is 2.05. The van der Waals surface area contributed by atoms with Crippen LogP contribution in [0.2, 0.25) is 5.28 Å². The van der Waals surface area contributed by atoms with E-state index in [-0.39, 0.29) is 11.9 Å². The van der Waals surface area contributed by atoms with Crippen LogP contribution in [0.1, 0.15) is 5.56 Å². The highest BCUT2D eigenvalue weighted by atomic mass is 35.5. The lowest BCUT2D eigenvalue weighted by Gasteiger charge is -2.11. The van der Waals surface area contributed by atoms with Crippen LogP contribution in [0.4, 0.5) is 11.5 Å². The molecule has 0 radical (unpaired) electrons. The molecule has 0 aliphatic carbocycles. The molecule has 2 N–H and O–H groups in total. The van der Waals surface area contributed by atoms with Crippen molar-refractivity contribution in [2.75, 3.05) is 12.4 Å². The maximum Gasteiger partial charge on any atom is 0.224 e. The highest BCUT2D eigenvalue weighted by molar-refractivity contribution is 6.28. The number of hydrogen-bond acceptors (Lipinski definition) is 5. The molecule has 6 heteroatoms. The summed E-state index contributed by atoms with van der Waals surface area (Å²) in [6, 6.07) is 7.03. The van der Waals surface area contributed by atoms with E-state index in [9.17, 15) is 5.11 Å². The maximum atomic E-state index is 9.27. The van der Waals surface area contributed by atoms with Gasteiger partial charge in [-0.05, 0) is 23.7 Å². The molecule has 0 saturated heterocycles. The molecule has 18 heavy (non-hydrogen) atoms. The lowest BCUT2D eigenvalue weighted by molar-refractivity contribution is 0.282. The Labute approximate surface area is 109 Å². The van der Waals surface area contributed by atoms with Crippen molar-refractivity contribution in [3.63, 3.8) is 0 Å². The van der Waals surface area contributed by atoms with Gasteiger partial charge in [-0.3, -0.25) is 0 Å². The first-order chi connectivity index (χ1) is 8.72. The zero-order valence-corrected chi connectivity index (χ0v) is 10.5. The van der Waals surface area contributed by atoms with E-state index >= 15 is 0 Å². The Bertz CT molecular complexity index is 549. The largest absolute Gasteiger partial charge is 0.497 e. The summed E-state index contributed by atoms with van der Waals surface area (Å²) in [4.78, 5) is 7.82. The van der Waals surface area contributed by atoms with Crippen LogP contribution in [-0.4, -0.2) is 22.2 Å². The number of aliphatic hydroxyl groups is 1. The number of halogens is 1. The van der Waals surface area contributed by atoms with E-state index in [0.29, 0.717) is 17.3 Å². The Morgan fingerprint density at radius 1 is 1.39 bits per heavy atom. The molecule has 94 valence electrons. The Hall–Kier alpha value is -1.85. The van der Waals surface area contributed by atoms with Crippen molar-refractivity contribution < 1.29 is 9.84 Å². The average Bonchev–Trinajstić information content (AvgIpc) is 2.38. The molecule has 0 fully saturated rings. The van der Waals surface area contributed by atoms with Crippen LogP contribution in [0.25, 0.3) is 0 Å². The Morgan fingerprint density at radius 3 is 2.89 bits per heavy atom. The number of nitrogens with one attached hydrogen (secondary N) is 1. The quantitative estimate of drug-likeness (QED) is 0.831. The lowest BCUT2D eigenvalue weighted by atomic mass is 10.2. The summed E-state index contributed by atoms with van der Waals surface area (Å²) in [6.45, 7) is -0.0782. The summed E-state index contributed by atoms with van der Waals surface area (Å²) in [6.07, 6.45) is 1.55. The second-order valence-corrected chi connectivity index (χ2v) is 3.86. The minimum atomic E-state index is -0.0782. The zero-order chi connectivity index (χ0) is 13.0. The molecule has 0 unspecified atom stereocenters. The van der Waals surface area contributed by atoms with E-state index < -0.39 is 0 Å². The molecular weight excluding hydrogens is 254 g/mol. The van der Waals surface area contributed by atoms with Crippen LogP contribution < -0.4 is 10.1 Å². The van der Waals surface area contributed by atoms with Crippen molar-refractivity contribution in [1.82, 2.24) is 9.97 Å². The molecule has 1 aromatic carbocycles. The SMILES string of the molecule is COc1ccc(CO)c(Nc2ccnc(Cl)n2)c1. The number of ether oxygens (including phenoxy) is 1. The smallest absolute Gasteiger partial charge is 0.224 e. The van der Waals surface area contributed by atoms with E-state index in [2.05, 4.69) is 15.3 Å². The minimum Gasteiger partial charge on any atom is -0.497 e. The van der Waals surface area contributed by atoms with Gasteiger partial charge in [-0.2, -0.15) is 0 Å². The van der Waals surface area contributed by atoms with Crippen molar-refractivity contribution >= 4 is 23.1 Å². The number of benzene rings is 1. The zero-order valence-electron chi connectivity index (χ0n) is 9.72. The van der Waals surface area contributed by atoms with Crippen molar-refractivity contribution in [1.29, 1.82) is 0 Å². The fourth-order valence-corrected chi connectivity index (χ4v) is 1.63. The molecule has 5 nitrogen and oxygen atoms in total. The Kier molecular flexibility index (Phi) is 3.96. The lowest BCUT2D eigenvalue weighted by Crippen LogP contribution is -1.99. The van der Waals surface area contributed by atoms with E-state index in [1.165, 1.54) is 0 Å². The van der Waals surface area contributed by atoms with Gasteiger partial charge in [0, 0.05) is 23.5 Å². The van der Waals surface area contributed by atoms with Crippen LogP contribution in [0.15, 0.2) is 30.5 Å². The number of aromatic nitrogens is 2. The highest BCUT2D eigenvalue weighted by Crippen LogP contribution is 2.25. The molecule has 1 aromatic heterocycles. The molecular formula is C12H12ClN3O2. The van der Waals surface area contributed by atoms with Gasteiger partial charge in [0.2, 0.25) is 5.28 Å². The summed E-state index contributed by atoms with van der Waals surface area (Å²) in [5, 5.41) is 12.5. The van der Waals surface area contributed by atoms with Gasteiger partial charge in [-0.25, -0.2) is 9.97 Å². The third-order valence-electron chi connectivity index (χ3n) is 2.38. The van der Waals surface area contributed by atoms with Gasteiger partial charge in [0.05, 0.1) is 13.7 Å². The summed E-state index contributed by atoms with van der Waals surface area (Å²) in [5.41, 5.74) is 1.46. The predicted octanol–water partition coefficient (Wildman–Crippen LogP) is 2.37. The monoisotopic (exact) mass is 265 g/mol. The van der Waals surface area contributed by atoms with Gasteiger partial charge >= 0.3 is 0 Å². The maximum absolute atomic E-state index is 9.27. The van der Waals surface area contributed by atoms with Crippen molar-refractivity contribution in [2.24, 2.45) is 0 Å². The summed E-state index contributed by atoms with van der Waals surface area (Å²) in [7, 11) is 1.58. The van der Waals surface area contributed by atoms with E-state index in [1.807, 2.05) is 0 Å². The first kappa shape index (κ1) is 12.6. The van der Waals surface area contributed by atoms with Crippen LogP contribution in [0.3, 0.4) is 0 Å². The number of methoxy groups -OCH3 is 1. The fraction of sp³-hybridized carbons (Fsp3) is 0.167. The number of nitrogens with zero attached hydrogens (tertiary/aromatic N) is 2. The first-order valence-electron chi connectivity index (χ1n) is 5.26. The van der Waals surface area contributed by atoms with E-state index in [0.717, 1.165) is 5.56 Å². The minimum absolute atomic E-state index is 0.0782. The second-order valence-electron chi connectivity index (χ2n) is 3.52. The third-order valence-corrected chi connectivity index (χ3v) is 2.56. The number of anilines is 2. The van der Waals surface area contributed by atoms with Crippen LogP contribution in [0.5, 0.6) is 5.75 Å². The van der Waals surface area contributed by atoms with Crippen LogP contribution in [-0.2, 0) is 6.61 Å². The van der Waals surface area contributed by atoms with Crippen molar-refractivity contribution in [2.45, 2.75) is 6.61 Å². The predicted molar refractivity (Wildman–Crippen MR) is 69.2 cm³/mol. The van der Waals surface area contributed by atoms with E-state index in [1.54, 1.807) is 37.6 Å². The number of rotatable bonds is 4. The van der Waals surface area contributed by atoms with Crippen LogP contribution >= 0.6 is 11.6 Å². The molecule has 0 saturated carbocycles. The molecule has 0 aliphatic heterocycles. The van der Waals surface area contributed by atoms with Gasteiger partial charge in [-0.1, -0.05) is 6.07 Å². The summed E-state index contributed by atoms with van der Waals surface area (Å²) in [5.74, 6) is 1.24. The van der Waals surface area contributed by atoms with Crippen LogP contribution in [0, 0.1) is 0 Å². The standard InChI is InChI=1S/C12H12ClN3O2/c1-18-9-3-2-8(7-17)10(6-9)15-11-4-5-14-12(13)16-11/h2-6,17H,7H2,1H3,(H,14,15,16). The molecule has 0 aliphatic rings. The number of hydrogen-bond donors (Lipinski definition) is 2. The van der Waals surface area contributed by atoms with Gasteiger partial charge in [-0.15, -0.1) is 0 Å². The van der Waals surface area contributed by atoms with Crippen molar-refractivity contribution in [3.8, 4) is 5.75 Å². The van der Waals surface area contributed by atoms with Gasteiger partial charge < -0.3 is 15.2 Å². The van der Waals surface area contributed by atoms with Gasteiger partial charge in [0.15, 0.2) is 0 Å².